The lowest BCUT2D eigenvalue weighted by atomic mass is 9.72. The van der Waals surface area contributed by atoms with E-state index in [0.29, 0.717) is 11.8 Å². The van der Waals surface area contributed by atoms with E-state index in [2.05, 4.69) is 80.8 Å². The van der Waals surface area contributed by atoms with Gasteiger partial charge in [-0.05, 0) is 86.1 Å². The van der Waals surface area contributed by atoms with Crippen LogP contribution in [0, 0.1) is 5.92 Å². The van der Waals surface area contributed by atoms with Gasteiger partial charge in [0.05, 0.1) is 24.5 Å². The van der Waals surface area contributed by atoms with Crippen molar-refractivity contribution in [2.24, 2.45) is 5.92 Å². The van der Waals surface area contributed by atoms with Crippen molar-refractivity contribution >= 4 is 21.8 Å². The van der Waals surface area contributed by atoms with Crippen molar-refractivity contribution in [3.8, 4) is 0 Å². The second kappa shape index (κ2) is 9.86. The maximum atomic E-state index is 14.4. The number of piperidine rings is 1. The summed E-state index contributed by atoms with van der Waals surface area (Å²) in [5, 5.41) is 2.41. The molecular formula is C31H38BrN2O+. The smallest absolute Gasteiger partial charge is 0.233 e. The number of nitrogens with zero attached hydrogens (tertiary/aromatic N) is 1. The number of aryl methyl sites for hydroxylation is 1. The van der Waals surface area contributed by atoms with Crippen LogP contribution in [0.3, 0.4) is 0 Å². The van der Waals surface area contributed by atoms with Crippen molar-refractivity contribution in [2.75, 3.05) is 19.6 Å². The predicted octanol–water partition coefficient (Wildman–Crippen LogP) is 5.49. The zero-order valence-corrected chi connectivity index (χ0v) is 22.3. The van der Waals surface area contributed by atoms with Crippen LogP contribution in [-0.2, 0) is 16.6 Å². The largest absolute Gasteiger partial charge is 0.345 e. The summed E-state index contributed by atoms with van der Waals surface area (Å²) in [6.45, 7) is 2.85. The fourth-order valence-corrected chi connectivity index (χ4v) is 8.04. The zero-order valence-electron chi connectivity index (χ0n) is 20.7. The van der Waals surface area contributed by atoms with Crippen LogP contribution in [0.25, 0.3) is 0 Å². The number of rotatable bonds is 3. The number of carbonyl (C=O) groups is 1. The topological polar surface area (TPSA) is 36.9 Å². The van der Waals surface area contributed by atoms with Gasteiger partial charge in [-0.3, -0.25) is 4.79 Å². The molecule has 0 bridgehead atoms. The number of likely N-dealkylation sites (tertiary alicyclic amines) is 1. The highest BCUT2D eigenvalue weighted by molar-refractivity contribution is 9.10. The predicted molar refractivity (Wildman–Crippen MR) is 144 cm³/mol. The molecule has 1 saturated carbocycles. The first kappa shape index (κ1) is 23.5. The Hall–Kier alpha value is -1.91. The van der Waals surface area contributed by atoms with E-state index in [9.17, 15) is 4.79 Å². The molecule has 2 aromatic carbocycles. The molecule has 3 nitrogen and oxygen atoms in total. The molecule has 1 spiro atoms. The summed E-state index contributed by atoms with van der Waals surface area (Å²) in [7, 11) is 0. The summed E-state index contributed by atoms with van der Waals surface area (Å²) in [5.74, 6) is 1.04. The Morgan fingerprint density at radius 2 is 1.89 bits per heavy atom. The van der Waals surface area contributed by atoms with Crippen molar-refractivity contribution in [2.45, 2.75) is 75.2 Å². The van der Waals surface area contributed by atoms with Gasteiger partial charge in [-0.1, -0.05) is 70.4 Å². The average Bonchev–Trinajstić information content (AvgIpc) is 3.49. The summed E-state index contributed by atoms with van der Waals surface area (Å²) in [4.78, 5) is 16.7. The third-order valence-corrected chi connectivity index (χ3v) is 9.94. The van der Waals surface area contributed by atoms with Crippen LogP contribution >= 0.6 is 15.9 Å². The molecule has 184 valence electrons. The maximum Gasteiger partial charge on any atom is 0.233 e. The number of fused-ring (bicyclic) bond motifs is 2. The van der Waals surface area contributed by atoms with Gasteiger partial charge >= 0.3 is 0 Å². The van der Waals surface area contributed by atoms with E-state index >= 15 is 0 Å². The minimum absolute atomic E-state index is 0.00588. The van der Waals surface area contributed by atoms with E-state index in [1.165, 1.54) is 48.8 Å². The van der Waals surface area contributed by atoms with E-state index in [-0.39, 0.29) is 17.4 Å². The molecule has 4 aliphatic rings. The van der Waals surface area contributed by atoms with Crippen molar-refractivity contribution in [1.29, 1.82) is 0 Å². The van der Waals surface area contributed by atoms with Crippen LogP contribution in [0.15, 0.2) is 64.7 Å². The first-order chi connectivity index (χ1) is 17.1. The molecule has 2 aliphatic heterocycles. The number of hydrogen-bond acceptors (Lipinski definition) is 1. The Bertz CT molecular complexity index is 1100. The minimum atomic E-state index is 0.00588. The van der Waals surface area contributed by atoms with Crippen molar-refractivity contribution < 1.29 is 10.1 Å². The number of hydrogen-bond donors (Lipinski definition) is 1. The summed E-state index contributed by atoms with van der Waals surface area (Å²) in [5.41, 5.74) is 5.92. The lowest BCUT2D eigenvalue weighted by Crippen LogP contribution is -2.82. The Kier molecular flexibility index (Phi) is 6.62. The quantitative estimate of drug-likeness (QED) is 0.520. The van der Waals surface area contributed by atoms with Crippen molar-refractivity contribution in [3.63, 3.8) is 0 Å². The monoisotopic (exact) mass is 533 g/mol. The second-order valence-corrected chi connectivity index (χ2v) is 12.3. The average molecular weight is 535 g/mol. The molecule has 3 fully saturated rings. The van der Waals surface area contributed by atoms with Crippen LogP contribution < -0.4 is 5.32 Å². The summed E-state index contributed by atoms with van der Waals surface area (Å²) in [6, 6.07) is 18.0. The number of carbonyl (C=O) groups excluding carboxylic acids is 1. The van der Waals surface area contributed by atoms with E-state index in [1.54, 1.807) is 5.57 Å². The van der Waals surface area contributed by atoms with Gasteiger partial charge in [-0.15, -0.1) is 0 Å². The van der Waals surface area contributed by atoms with Gasteiger partial charge in [0.1, 0.15) is 5.92 Å². The molecular weight excluding hydrogens is 496 g/mol. The number of allylic oxidation sites excluding steroid dienone is 1. The second-order valence-electron chi connectivity index (χ2n) is 11.4. The molecule has 2 aliphatic carbocycles. The minimum Gasteiger partial charge on any atom is -0.345 e. The highest BCUT2D eigenvalue weighted by Crippen LogP contribution is 2.47. The van der Waals surface area contributed by atoms with E-state index in [1.807, 2.05) is 0 Å². The summed E-state index contributed by atoms with van der Waals surface area (Å²) in [6.07, 6.45) is 13.3. The zero-order chi connectivity index (χ0) is 23.8. The Morgan fingerprint density at radius 3 is 2.71 bits per heavy atom. The third-order valence-electron chi connectivity index (χ3n) is 9.44. The molecule has 35 heavy (non-hydrogen) atoms. The van der Waals surface area contributed by atoms with Crippen LogP contribution in [-0.4, -0.2) is 36.5 Å². The molecule has 2 heterocycles. The highest BCUT2D eigenvalue weighted by Gasteiger charge is 2.55. The number of nitrogens with two attached hydrogens (primary N) is 1. The molecule has 1 amide bonds. The molecule has 0 radical (unpaired) electrons. The molecule has 4 unspecified atom stereocenters. The fourth-order valence-electron chi connectivity index (χ4n) is 7.64. The summed E-state index contributed by atoms with van der Waals surface area (Å²) < 4.78 is 1.15. The van der Waals surface area contributed by atoms with Crippen molar-refractivity contribution in [3.05, 3.63) is 81.3 Å². The number of benzene rings is 2. The fraction of sp³-hybridized carbons (Fsp3) is 0.516. The van der Waals surface area contributed by atoms with Gasteiger partial charge in [0.15, 0.2) is 0 Å². The van der Waals surface area contributed by atoms with Gasteiger partial charge in [-0.2, -0.15) is 0 Å². The normalized spacial score (nSPS) is 30.5. The molecule has 2 aromatic rings. The third kappa shape index (κ3) is 4.42. The summed E-state index contributed by atoms with van der Waals surface area (Å²) >= 11 is 3.66. The van der Waals surface area contributed by atoms with Gasteiger partial charge in [-0.25, -0.2) is 0 Å². The Labute approximate surface area is 218 Å². The molecule has 4 heteroatoms. The van der Waals surface area contributed by atoms with E-state index in [4.69, 9.17) is 0 Å². The number of quaternary nitrogens is 1. The van der Waals surface area contributed by atoms with Crippen LogP contribution in [0.5, 0.6) is 0 Å². The lowest BCUT2D eigenvalue weighted by Gasteiger charge is -2.42. The standard InChI is InChI=1S/C31H37BrN2O/c32-26-11-12-28-25(18-26)13-15-31(28)21-33-20-29(31)30(35)34-16-14-24(23-9-5-2-6-10-23)19-27(34)17-22-7-3-1-4-8-22/h2,5-6,9-12,17-18,24,27,29,33H,1,3-4,7-8,13-16,19-21H2/p+1. The molecule has 6 rings (SSSR count). The molecule has 2 N–H and O–H groups in total. The SMILES string of the molecule is O=C(C1C[NH2+]CC12CCc1cc(Br)ccc12)N1CCC(c2ccccc2)CC1C=C1CCCCC1. The molecule has 2 saturated heterocycles. The molecule has 4 atom stereocenters. The van der Waals surface area contributed by atoms with Gasteiger partial charge in [0.2, 0.25) is 5.91 Å². The Balaban J connectivity index is 1.29. The van der Waals surface area contributed by atoms with Crippen LogP contribution in [0.2, 0.25) is 0 Å². The van der Waals surface area contributed by atoms with Gasteiger partial charge < -0.3 is 10.2 Å². The van der Waals surface area contributed by atoms with Gasteiger partial charge in [0, 0.05) is 11.0 Å². The van der Waals surface area contributed by atoms with Gasteiger partial charge in [0.25, 0.3) is 0 Å². The van der Waals surface area contributed by atoms with E-state index < -0.39 is 0 Å². The van der Waals surface area contributed by atoms with Crippen molar-refractivity contribution in [1.82, 2.24) is 4.90 Å². The molecule has 0 aromatic heterocycles. The first-order valence-electron chi connectivity index (χ1n) is 13.8. The van der Waals surface area contributed by atoms with E-state index in [0.717, 1.165) is 49.8 Å². The Morgan fingerprint density at radius 1 is 1.06 bits per heavy atom. The van der Waals surface area contributed by atoms with Crippen LogP contribution in [0.1, 0.15) is 74.0 Å². The number of halogens is 1. The maximum absolute atomic E-state index is 14.4. The highest BCUT2D eigenvalue weighted by atomic mass is 79.9. The van der Waals surface area contributed by atoms with Crippen LogP contribution in [0.4, 0.5) is 0 Å². The lowest BCUT2D eigenvalue weighted by molar-refractivity contribution is -0.640. The number of amides is 1. The first-order valence-corrected chi connectivity index (χ1v) is 14.6.